The second-order valence-electron chi connectivity index (χ2n) is 5.90. The Labute approximate surface area is 142 Å². The van der Waals surface area contributed by atoms with Crippen molar-refractivity contribution in [1.29, 1.82) is 0 Å². The largest absolute Gasteiger partial charge is 0.338 e. The quantitative estimate of drug-likeness (QED) is 0.693. The summed E-state index contributed by atoms with van der Waals surface area (Å²) in [4.78, 5) is 23.5. The maximum atomic E-state index is 11.8. The lowest BCUT2D eigenvalue weighted by atomic mass is 9.96. The third-order valence-corrected chi connectivity index (χ3v) is 4.15. The number of carbonyl (C=O) groups is 2. The zero-order valence-corrected chi connectivity index (χ0v) is 14.0. The monoisotopic (exact) mass is 337 g/mol. The lowest BCUT2D eigenvalue weighted by Crippen LogP contribution is -2.43. The summed E-state index contributed by atoms with van der Waals surface area (Å²) >= 11 is 5.86. The van der Waals surface area contributed by atoms with Crippen LogP contribution in [0.4, 0.5) is 10.5 Å². The lowest BCUT2D eigenvalue weighted by molar-refractivity contribution is -0.116. The number of anilines is 1. The molecule has 0 aliphatic heterocycles. The first-order valence-corrected chi connectivity index (χ1v) is 8.61. The van der Waals surface area contributed by atoms with E-state index in [-0.39, 0.29) is 11.9 Å². The van der Waals surface area contributed by atoms with Crippen molar-refractivity contribution in [2.45, 2.75) is 51.0 Å². The van der Waals surface area contributed by atoms with E-state index in [0.29, 0.717) is 36.1 Å². The molecule has 1 fully saturated rings. The van der Waals surface area contributed by atoms with Crippen LogP contribution >= 0.6 is 11.6 Å². The van der Waals surface area contributed by atoms with Crippen molar-refractivity contribution >= 4 is 29.2 Å². The minimum atomic E-state index is -0.132. The van der Waals surface area contributed by atoms with Crippen molar-refractivity contribution in [3.63, 3.8) is 0 Å². The third-order valence-electron chi connectivity index (χ3n) is 3.91. The first-order chi connectivity index (χ1) is 11.1. The molecule has 126 valence electrons. The van der Waals surface area contributed by atoms with Gasteiger partial charge in [-0.25, -0.2) is 4.79 Å². The number of carbonyl (C=O) groups excluding carboxylic acids is 2. The Morgan fingerprint density at radius 1 is 1.17 bits per heavy atom. The van der Waals surface area contributed by atoms with Crippen LogP contribution in [-0.4, -0.2) is 24.5 Å². The van der Waals surface area contributed by atoms with E-state index < -0.39 is 0 Å². The van der Waals surface area contributed by atoms with Gasteiger partial charge in [0, 0.05) is 29.7 Å². The van der Waals surface area contributed by atoms with E-state index in [0.717, 1.165) is 12.8 Å². The standard InChI is InChI=1S/C17H24ClN3O2/c18-13-6-4-9-15(12-13)20-16(22)10-5-11-19-17(23)21-14-7-2-1-3-8-14/h4,6,9,12,14H,1-3,5,7-8,10-11H2,(H,20,22)(H2,19,21,23). The molecule has 0 heterocycles. The maximum Gasteiger partial charge on any atom is 0.315 e. The summed E-state index contributed by atoms with van der Waals surface area (Å²) in [5, 5.41) is 9.17. The number of hydrogen-bond acceptors (Lipinski definition) is 2. The molecule has 1 aromatic carbocycles. The average molecular weight is 338 g/mol. The van der Waals surface area contributed by atoms with E-state index in [1.165, 1.54) is 19.3 Å². The predicted octanol–water partition coefficient (Wildman–Crippen LogP) is 3.69. The molecule has 0 unspecified atom stereocenters. The molecule has 5 nitrogen and oxygen atoms in total. The highest BCUT2D eigenvalue weighted by molar-refractivity contribution is 6.30. The number of urea groups is 1. The Kier molecular flexibility index (Phi) is 7.20. The summed E-state index contributed by atoms with van der Waals surface area (Å²) in [7, 11) is 0. The van der Waals surface area contributed by atoms with Crippen molar-refractivity contribution in [1.82, 2.24) is 10.6 Å². The van der Waals surface area contributed by atoms with Gasteiger partial charge in [-0.1, -0.05) is 36.9 Å². The van der Waals surface area contributed by atoms with Crippen LogP contribution in [0.15, 0.2) is 24.3 Å². The lowest BCUT2D eigenvalue weighted by Gasteiger charge is -2.22. The van der Waals surface area contributed by atoms with Gasteiger partial charge in [-0.3, -0.25) is 4.79 Å². The second kappa shape index (κ2) is 9.40. The summed E-state index contributed by atoms with van der Waals surface area (Å²) in [6.45, 7) is 0.488. The summed E-state index contributed by atoms with van der Waals surface area (Å²) in [6.07, 6.45) is 6.73. The fraction of sp³-hybridized carbons (Fsp3) is 0.529. The molecule has 0 saturated heterocycles. The van der Waals surface area contributed by atoms with Gasteiger partial charge in [0.1, 0.15) is 0 Å². The summed E-state index contributed by atoms with van der Waals surface area (Å²) < 4.78 is 0. The van der Waals surface area contributed by atoms with E-state index in [4.69, 9.17) is 11.6 Å². The van der Waals surface area contributed by atoms with Crippen LogP contribution in [0.2, 0.25) is 5.02 Å². The molecule has 0 aromatic heterocycles. The molecule has 0 atom stereocenters. The van der Waals surface area contributed by atoms with Crippen LogP contribution in [0, 0.1) is 0 Å². The molecule has 1 aromatic rings. The first kappa shape index (κ1) is 17.6. The Balaban J connectivity index is 1.57. The van der Waals surface area contributed by atoms with Gasteiger partial charge in [-0.15, -0.1) is 0 Å². The van der Waals surface area contributed by atoms with Crippen molar-refractivity contribution in [2.75, 3.05) is 11.9 Å². The predicted molar refractivity (Wildman–Crippen MR) is 92.7 cm³/mol. The third kappa shape index (κ3) is 6.91. The molecule has 1 aliphatic rings. The minimum absolute atomic E-state index is 0.0817. The van der Waals surface area contributed by atoms with Crippen molar-refractivity contribution in [3.05, 3.63) is 29.3 Å². The molecule has 23 heavy (non-hydrogen) atoms. The summed E-state index contributed by atoms with van der Waals surface area (Å²) in [6, 6.07) is 7.21. The average Bonchev–Trinajstić information content (AvgIpc) is 2.52. The molecule has 0 bridgehead atoms. The van der Waals surface area contributed by atoms with Gasteiger partial charge in [-0.05, 0) is 37.5 Å². The second-order valence-corrected chi connectivity index (χ2v) is 6.33. The van der Waals surface area contributed by atoms with Gasteiger partial charge in [0.05, 0.1) is 0 Å². The number of hydrogen-bond donors (Lipinski definition) is 3. The number of halogens is 1. The molecule has 2 rings (SSSR count). The van der Waals surface area contributed by atoms with Crippen molar-refractivity contribution < 1.29 is 9.59 Å². The highest BCUT2D eigenvalue weighted by Gasteiger charge is 2.15. The molecule has 0 radical (unpaired) electrons. The van der Waals surface area contributed by atoms with E-state index in [9.17, 15) is 9.59 Å². The van der Waals surface area contributed by atoms with Crippen molar-refractivity contribution in [3.8, 4) is 0 Å². The van der Waals surface area contributed by atoms with Gasteiger partial charge in [0.15, 0.2) is 0 Å². The van der Waals surface area contributed by atoms with Gasteiger partial charge in [0.25, 0.3) is 0 Å². The maximum absolute atomic E-state index is 11.8. The SMILES string of the molecule is O=C(CCCNC(=O)NC1CCCCC1)Nc1cccc(Cl)c1. The van der Waals surface area contributed by atoms with Gasteiger partial charge in [-0.2, -0.15) is 0 Å². The highest BCUT2D eigenvalue weighted by atomic mass is 35.5. The Morgan fingerprint density at radius 2 is 1.96 bits per heavy atom. The molecule has 3 amide bonds. The zero-order valence-electron chi connectivity index (χ0n) is 13.2. The molecule has 6 heteroatoms. The Morgan fingerprint density at radius 3 is 2.70 bits per heavy atom. The van der Waals surface area contributed by atoms with E-state index in [1.54, 1.807) is 24.3 Å². The summed E-state index contributed by atoms with van der Waals surface area (Å²) in [5.41, 5.74) is 0.686. The number of rotatable bonds is 6. The topological polar surface area (TPSA) is 70.2 Å². The molecule has 1 aliphatic carbocycles. The molecule has 3 N–H and O–H groups in total. The van der Waals surface area contributed by atoms with Gasteiger partial charge >= 0.3 is 6.03 Å². The van der Waals surface area contributed by atoms with Crippen LogP contribution in [0.3, 0.4) is 0 Å². The fourth-order valence-corrected chi connectivity index (χ4v) is 2.91. The van der Waals surface area contributed by atoms with Crippen LogP contribution in [-0.2, 0) is 4.79 Å². The van der Waals surface area contributed by atoms with Gasteiger partial charge in [0.2, 0.25) is 5.91 Å². The highest BCUT2D eigenvalue weighted by Crippen LogP contribution is 2.17. The van der Waals surface area contributed by atoms with E-state index in [1.807, 2.05) is 0 Å². The minimum Gasteiger partial charge on any atom is -0.338 e. The Bertz CT molecular complexity index is 530. The normalized spacial score (nSPS) is 15.0. The van der Waals surface area contributed by atoms with Crippen molar-refractivity contribution in [2.24, 2.45) is 0 Å². The van der Waals surface area contributed by atoms with Crippen LogP contribution < -0.4 is 16.0 Å². The fourth-order valence-electron chi connectivity index (χ4n) is 2.72. The van der Waals surface area contributed by atoms with Gasteiger partial charge < -0.3 is 16.0 Å². The van der Waals surface area contributed by atoms with E-state index in [2.05, 4.69) is 16.0 Å². The zero-order chi connectivity index (χ0) is 16.5. The number of amides is 3. The smallest absolute Gasteiger partial charge is 0.315 e. The summed E-state index contributed by atoms with van der Waals surface area (Å²) in [5.74, 6) is -0.0817. The molecule has 0 spiro atoms. The molecular weight excluding hydrogens is 314 g/mol. The first-order valence-electron chi connectivity index (χ1n) is 8.23. The van der Waals surface area contributed by atoms with Crippen LogP contribution in [0.25, 0.3) is 0 Å². The molecular formula is C17H24ClN3O2. The molecule has 1 saturated carbocycles. The van der Waals surface area contributed by atoms with E-state index >= 15 is 0 Å². The Hall–Kier alpha value is -1.75. The number of benzene rings is 1. The van der Waals surface area contributed by atoms with Crippen LogP contribution in [0.5, 0.6) is 0 Å². The number of nitrogens with one attached hydrogen (secondary N) is 3. The van der Waals surface area contributed by atoms with Crippen LogP contribution in [0.1, 0.15) is 44.9 Å².